The number of ether oxygens (including phenoxy) is 1. The van der Waals surface area contributed by atoms with Gasteiger partial charge in [-0.05, 0) is 46.5 Å². The number of hydrogen-bond donors (Lipinski definition) is 1. The van der Waals surface area contributed by atoms with Gasteiger partial charge in [0.25, 0.3) is 0 Å². The predicted octanol–water partition coefficient (Wildman–Crippen LogP) is 4.52. The van der Waals surface area contributed by atoms with Gasteiger partial charge in [0.15, 0.2) is 5.78 Å². The van der Waals surface area contributed by atoms with Crippen molar-refractivity contribution < 1.29 is 27.8 Å². The fraction of sp³-hybridized carbons (Fsp3) is 0.280. The van der Waals surface area contributed by atoms with E-state index in [4.69, 9.17) is 4.74 Å². The van der Waals surface area contributed by atoms with E-state index in [1.54, 1.807) is 30.5 Å². The number of halogens is 3. The van der Waals surface area contributed by atoms with Crippen LogP contribution in [0.5, 0.6) is 0 Å². The molecule has 0 saturated carbocycles. The van der Waals surface area contributed by atoms with Crippen LogP contribution in [0.25, 0.3) is 11.1 Å². The van der Waals surface area contributed by atoms with Crippen LogP contribution >= 0.6 is 0 Å². The van der Waals surface area contributed by atoms with Crippen LogP contribution in [0.2, 0.25) is 0 Å². The number of benzene rings is 2. The van der Waals surface area contributed by atoms with Crippen LogP contribution in [0.3, 0.4) is 0 Å². The van der Waals surface area contributed by atoms with Gasteiger partial charge in [0.05, 0.1) is 25.4 Å². The fourth-order valence-corrected chi connectivity index (χ4v) is 3.85. The molecule has 33 heavy (non-hydrogen) atoms. The van der Waals surface area contributed by atoms with E-state index in [1.165, 1.54) is 12.1 Å². The van der Waals surface area contributed by atoms with Gasteiger partial charge in [0.1, 0.15) is 5.82 Å². The number of carbonyl (C=O) groups is 1. The smallest absolute Gasteiger partial charge is 0.392 e. The number of aliphatic hydroxyl groups excluding tert-OH is 1. The van der Waals surface area contributed by atoms with Gasteiger partial charge in [0, 0.05) is 31.3 Å². The maximum absolute atomic E-state index is 13.0. The van der Waals surface area contributed by atoms with Crippen molar-refractivity contribution in [3.63, 3.8) is 0 Å². The highest BCUT2D eigenvalue weighted by atomic mass is 19.4. The molecule has 2 heterocycles. The molecule has 4 rings (SSSR count). The zero-order chi connectivity index (χ0) is 23.4. The molecule has 172 valence electrons. The highest BCUT2D eigenvalue weighted by Gasteiger charge is 2.30. The maximum atomic E-state index is 13.0. The number of pyridine rings is 1. The molecule has 5 nitrogen and oxygen atoms in total. The number of hydrogen-bond acceptors (Lipinski definition) is 5. The third-order valence-electron chi connectivity index (χ3n) is 5.61. The molecule has 1 aromatic heterocycles. The lowest BCUT2D eigenvalue weighted by molar-refractivity contribution is -0.137. The van der Waals surface area contributed by atoms with Gasteiger partial charge in [0.2, 0.25) is 0 Å². The number of anilines is 1. The van der Waals surface area contributed by atoms with E-state index < -0.39 is 11.7 Å². The summed E-state index contributed by atoms with van der Waals surface area (Å²) < 4.78 is 44.4. The first-order valence-electron chi connectivity index (χ1n) is 10.6. The lowest BCUT2D eigenvalue weighted by Gasteiger charge is -2.28. The first-order chi connectivity index (χ1) is 15.8. The number of aromatic nitrogens is 1. The molecule has 0 bridgehead atoms. The number of aliphatic hydroxyl groups is 1. The van der Waals surface area contributed by atoms with Gasteiger partial charge in [-0.25, -0.2) is 4.98 Å². The molecule has 0 unspecified atom stereocenters. The number of ketones is 1. The van der Waals surface area contributed by atoms with Crippen molar-refractivity contribution in [2.75, 3.05) is 31.2 Å². The van der Waals surface area contributed by atoms with E-state index in [0.29, 0.717) is 35.5 Å². The molecule has 3 aromatic rings. The summed E-state index contributed by atoms with van der Waals surface area (Å²) in [6.45, 7) is 2.46. The van der Waals surface area contributed by atoms with Crippen LogP contribution < -0.4 is 4.90 Å². The summed E-state index contributed by atoms with van der Waals surface area (Å²) in [6, 6.07) is 13.4. The molecule has 1 fully saturated rings. The Hall–Kier alpha value is -3.23. The number of rotatable bonds is 6. The van der Waals surface area contributed by atoms with E-state index in [2.05, 4.69) is 9.88 Å². The molecule has 0 spiro atoms. The van der Waals surface area contributed by atoms with Crippen LogP contribution in [-0.2, 0) is 23.9 Å². The monoisotopic (exact) mass is 456 g/mol. The van der Waals surface area contributed by atoms with Gasteiger partial charge in [-0.3, -0.25) is 4.79 Å². The molecule has 1 aliphatic rings. The standard InChI is InChI=1S/C25H23F3N2O3/c26-25(27,28)21-3-1-2-17(12-21)13-23(32)19-4-5-20(16-31)22(14-19)18-6-7-29-24(15-18)30-8-10-33-11-9-30/h1-7,12,14-15,31H,8-11,13,16H2. The van der Waals surface area contributed by atoms with E-state index in [9.17, 15) is 23.1 Å². The van der Waals surface area contributed by atoms with E-state index in [-0.39, 0.29) is 18.8 Å². The molecule has 2 aromatic carbocycles. The summed E-state index contributed by atoms with van der Waals surface area (Å²) in [5.74, 6) is 0.475. The van der Waals surface area contributed by atoms with Crippen molar-refractivity contribution in [1.29, 1.82) is 0 Å². The lowest BCUT2D eigenvalue weighted by Crippen LogP contribution is -2.36. The number of carbonyl (C=O) groups excluding carboxylic acids is 1. The number of Topliss-reactive ketones (excluding diaryl/α,β-unsaturated/α-hetero) is 1. The van der Waals surface area contributed by atoms with Crippen LogP contribution in [0.4, 0.5) is 19.0 Å². The summed E-state index contributed by atoms with van der Waals surface area (Å²) in [4.78, 5) is 19.4. The molecule has 0 amide bonds. The average molecular weight is 456 g/mol. The highest BCUT2D eigenvalue weighted by Crippen LogP contribution is 2.31. The molecular weight excluding hydrogens is 433 g/mol. The second kappa shape index (κ2) is 9.72. The zero-order valence-corrected chi connectivity index (χ0v) is 17.8. The van der Waals surface area contributed by atoms with E-state index in [0.717, 1.165) is 36.6 Å². The summed E-state index contributed by atoms with van der Waals surface area (Å²) in [6.07, 6.45) is -2.94. The van der Waals surface area contributed by atoms with Gasteiger partial charge >= 0.3 is 6.18 Å². The Balaban J connectivity index is 1.62. The normalized spacial score (nSPS) is 14.4. The first kappa shape index (κ1) is 22.9. The summed E-state index contributed by atoms with van der Waals surface area (Å²) >= 11 is 0. The Bertz CT molecular complexity index is 1140. The first-order valence-corrected chi connectivity index (χ1v) is 10.6. The Labute approximate surface area is 189 Å². The van der Waals surface area contributed by atoms with E-state index >= 15 is 0 Å². The number of nitrogens with zero attached hydrogens (tertiary/aromatic N) is 2. The largest absolute Gasteiger partial charge is 0.416 e. The quantitative estimate of drug-likeness (QED) is 0.553. The average Bonchev–Trinajstić information content (AvgIpc) is 2.84. The zero-order valence-electron chi connectivity index (χ0n) is 17.8. The molecule has 1 saturated heterocycles. The van der Waals surface area contributed by atoms with Crippen molar-refractivity contribution in [2.24, 2.45) is 0 Å². The maximum Gasteiger partial charge on any atom is 0.416 e. The van der Waals surface area contributed by atoms with Crippen LogP contribution in [0.1, 0.15) is 27.0 Å². The Morgan fingerprint density at radius 3 is 2.58 bits per heavy atom. The van der Waals surface area contributed by atoms with Crippen LogP contribution in [0.15, 0.2) is 60.8 Å². The lowest BCUT2D eigenvalue weighted by atomic mass is 9.94. The SMILES string of the molecule is O=C(Cc1cccc(C(F)(F)F)c1)c1ccc(CO)c(-c2ccnc(N3CCOCC3)c2)c1. The summed E-state index contributed by atoms with van der Waals surface area (Å²) in [7, 11) is 0. The molecule has 8 heteroatoms. The minimum Gasteiger partial charge on any atom is -0.392 e. The third kappa shape index (κ3) is 5.40. The van der Waals surface area contributed by atoms with Crippen molar-refractivity contribution in [1.82, 2.24) is 4.98 Å². The van der Waals surface area contributed by atoms with Gasteiger partial charge in [-0.15, -0.1) is 0 Å². The Morgan fingerprint density at radius 1 is 1.06 bits per heavy atom. The van der Waals surface area contributed by atoms with Crippen molar-refractivity contribution in [3.05, 3.63) is 83.0 Å². The Kier molecular flexibility index (Phi) is 6.76. The molecular formula is C25H23F3N2O3. The molecule has 0 atom stereocenters. The molecule has 1 aliphatic heterocycles. The van der Waals surface area contributed by atoms with Crippen molar-refractivity contribution >= 4 is 11.6 Å². The minimum absolute atomic E-state index is 0.156. The topological polar surface area (TPSA) is 62.7 Å². The van der Waals surface area contributed by atoms with Crippen molar-refractivity contribution in [3.8, 4) is 11.1 Å². The minimum atomic E-state index is -4.46. The predicted molar refractivity (Wildman–Crippen MR) is 118 cm³/mol. The second-order valence-corrected chi connectivity index (χ2v) is 7.83. The van der Waals surface area contributed by atoms with E-state index in [1.807, 2.05) is 6.07 Å². The molecule has 0 radical (unpaired) electrons. The van der Waals surface area contributed by atoms with Crippen LogP contribution in [-0.4, -0.2) is 42.2 Å². The second-order valence-electron chi connectivity index (χ2n) is 7.83. The van der Waals surface area contributed by atoms with Gasteiger partial charge in [-0.2, -0.15) is 13.2 Å². The Morgan fingerprint density at radius 2 is 1.85 bits per heavy atom. The summed E-state index contributed by atoms with van der Waals surface area (Å²) in [5.41, 5.74) is 2.00. The highest BCUT2D eigenvalue weighted by molar-refractivity contribution is 5.99. The third-order valence-corrected chi connectivity index (χ3v) is 5.61. The molecule has 0 aliphatic carbocycles. The van der Waals surface area contributed by atoms with Crippen LogP contribution in [0, 0.1) is 0 Å². The number of morpholine rings is 1. The van der Waals surface area contributed by atoms with Gasteiger partial charge in [-0.1, -0.05) is 30.3 Å². The van der Waals surface area contributed by atoms with Crippen molar-refractivity contribution in [2.45, 2.75) is 19.2 Å². The molecule has 1 N–H and O–H groups in total. The van der Waals surface area contributed by atoms with Gasteiger partial charge < -0.3 is 14.7 Å². The summed E-state index contributed by atoms with van der Waals surface area (Å²) in [5, 5.41) is 9.84. The fourth-order valence-electron chi connectivity index (χ4n) is 3.85. The number of alkyl halides is 3.